The second-order valence-corrected chi connectivity index (χ2v) is 6.24. The van der Waals surface area contributed by atoms with Gasteiger partial charge in [0.25, 0.3) is 0 Å². The molecule has 2 aromatic carbocycles. The SMILES string of the molecule is Cc1ccc(C)c(C(C)N2CCc3c(N)cccc3C2)c1. The van der Waals surface area contributed by atoms with Crippen LogP contribution in [-0.2, 0) is 13.0 Å². The number of hydrogen-bond acceptors (Lipinski definition) is 2. The molecule has 0 radical (unpaired) electrons. The van der Waals surface area contributed by atoms with Crippen LogP contribution in [0.1, 0.15) is 40.8 Å². The number of anilines is 1. The Bertz CT molecular complexity index is 661. The molecule has 0 saturated heterocycles. The van der Waals surface area contributed by atoms with Crippen LogP contribution >= 0.6 is 0 Å². The van der Waals surface area contributed by atoms with E-state index in [9.17, 15) is 0 Å². The van der Waals surface area contributed by atoms with Gasteiger partial charge in [0, 0.05) is 24.8 Å². The van der Waals surface area contributed by atoms with Gasteiger partial charge in [-0.2, -0.15) is 0 Å². The molecule has 1 unspecified atom stereocenters. The highest BCUT2D eigenvalue weighted by Crippen LogP contribution is 2.31. The zero-order valence-electron chi connectivity index (χ0n) is 13.2. The van der Waals surface area contributed by atoms with Crippen molar-refractivity contribution in [1.29, 1.82) is 0 Å². The average Bonchev–Trinajstić information content (AvgIpc) is 2.49. The van der Waals surface area contributed by atoms with E-state index >= 15 is 0 Å². The number of nitrogen functional groups attached to an aromatic ring is 1. The first-order valence-electron chi connectivity index (χ1n) is 7.73. The van der Waals surface area contributed by atoms with Crippen LogP contribution in [0, 0.1) is 13.8 Å². The number of rotatable bonds is 2. The van der Waals surface area contributed by atoms with Crippen LogP contribution in [0.2, 0.25) is 0 Å². The Morgan fingerprint density at radius 3 is 2.76 bits per heavy atom. The van der Waals surface area contributed by atoms with E-state index < -0.39 is 0 Å². The van der Waals surface area contributed by atoms with Gasteiger partial charge in [-0.15, -0.1) is 0 Å². The zero-order chi connectivity index (χ0) is 15.0. The van der Waals surface area contributed by atoms with E-state index in [2.05, 4.69) is 56.0 Å². The first kappa shape index (κ1) is 14.2. The lowest BCUT2D eigenvalue weighted by molar-refractivity contribution is 0.192. The molecule has 1 atom stereocenters. The minimum Gasteiger partial charge on any atom is -0.398 e. The van der Waals surface area contributed by atoms with Crippen molar-refractivity contribution >= 4 is 5.69 Å². The second kappa shape index (κ2) is 5.53. The number of hydrogen-bond donors (Lipinski definition) is 1. The third kappa shape index (κ3) is 2.68. The number of aryl methyl sites for hydroxylation is 2. The molecule has 21 heavy (non-hydrogen) atoms. The maximum atomic E-state index is 6.10. The highest BCUT2D eigenvalue weighted by atomic mass is 15.2. The van der Waals surface area contributed by atoms with E-state index in [4.69, 9.17) is 5.73 Å². The van der Waals surface area contributed by atoms with Crippen molar-refractivity contribution in [3.05, 3.63) is 64.2 Å². The van der Waals surface area contributed by atoms with E-state index in [-0.39, 0.29) is 0 Å². The van der Waals surface area contributed by atoms with Crippen molar-refractivity contribution in [2.75, 3.05) is 12.3 Å². The van der Waals surface area contributed by atoms with Crippen LogP contribution in [0.5, 0.6) is 0 Å². The lowest BCUT2D eigenvalue weighted by Gasteiger charge is -2.35. The van der Waals surface area contributed by atoms with Crippen LogP contribution in [0.25, 0.3) is 0 Å². The van der Waals surface area contributed by atoms with Crippen molar-refractivity contribution in [1.82, 2.24) is 4.90 Å². The monoisotopic (exact) mass is 280 g/mol. The highest BCUT2D eigenvalue weighted by Gasteiger charge is 2.23. The fourth-order valence-corrected chi connectivity index (χ4v) is 3.40. The van der Waals surface area contributed by atoms with Crippen molar-refractivity contribution in [3.8, 4) is 0 Å². The van der Waals surface area contributed by atoms with Gasteiger partial charge in [0.05, 0.1) is 0 Å². The van der Waals surface area contributed by atoms with Gasteiger partial charge < -0.3 is 5.73 Å². The van der Waals surface area contributed by atoms with E-state index in [1.54, 1.807) is 0 Å². The van der Waals surface area contributed by atoms with E-state index in [1.165, 1.54) is 27.8 Å². The standard InChI is InChI=1S/C19H24N2/c1-13-7-8-14(2)18(11-13)15(3)21-10-9-17-16(12-21)5-4-6-19(17)20/h4-8,11,15H,9-10,12,20H2,1-3H3. The average molecular weight is 280 g/mol. The summed E-state index contributed by atoms with van der Waals surface area (Å²) < 4.78 is 0. The van der Waals surface area contributed by atoms with Crippen molar-refractivity contribution in [2.24, 2.45) is 0 Å². The largest absolute Gasteiger partial charge is 0.398 e. The normalized spacial score (nSPS) is 16.5. The van der Waals surface area contributed by atoms with Gasteiger partial charge >= 0.3 is 0 Å². The molecular formula is C19H24N2. The van der Waals surface area contributed by atoms with E-state index in [1.807, 2.05) is 6.07 Å². The zero-order valence-corrected chi connectivity index (χ0v) is 13.2. The summed E-state index contributed by atoms with van der Waals surface area (Å²) in [5.74, 6) is 0. The molecule has 0 bridgehead atoms. The predicted octanol–water partition coefficient (Wildman–Crippen LogP) is 4.00. The molecule has 2 nitrogen and oxygen atoms in total. The Balaban J connectivity index is 1.87. The van der Waals surface area contributed by atoms with Gasteiger partial charge in [0.15, 0.2) is 0 Å². The molecule has 2 aromatic rings. The molecule has 1 heterocycles. The summed E-state index contributed by atoms with van der Waals surface area (Å²) in [6.45, 7) is 8.77. The first-order valence-corrected chi connectivity index (χ1v) is 7.73. The molecule has 110 valence electrons. The Morgan fingerprint density at radius 1 is 1.14 bits per heavy atom. The van der Waals surface area contributed by atoms with Gasteiger partial charge in [0.1, 0.15) is 0 Å². The minimum absolute atomic E-state index is 0.444. The second-order valence-electron chi connectivity index (χ2n) is 6.24. The molecular weight excluding hydrogens is 256 g/mol. The van der Waals surface area contributed by atoms with Crippen LogP contribution in [0.3, 0.4) is 0 Å². The fourth-order valence-electron chi connectivity index (χ4n) is 3.40. The van der Waals surface area contributed by atoms with Crippen molar-refractivity contribution in [3.63, 3.8) is 0 Å². The quantitative estimate of drug-likeness (QED) is 0.842. The number of fused-ring (bicyclic) bond motifs is 1. The smallest absolute Gasteiger partial charge is 0.0350 e. The van der Waals surface area contributed by atoms with E-state index in [0.717, 1.165) is 25.2 Å². The number of nitrogens with two attached hydrogens (primary N) is 1. The summed E-state index contributed by atoms with van der Waals surface area (Å²) in [4.78, 5) is 2.56. The summed E-state index contributed by atoms with van der Waals surface area (Å²) in [6, 6.07) is 13.5. The number of benzene rings is 2. The maximum Gasteiger partial charge on any atom is 0.0350 e. The van der Waals surface area contributed by atoms with Crippen LogP contribution in [0.4, 0.5) is 5.69 Å². The Hall–Kier alpha value is -1.80. The Morgan fingerprint density at radius 2 is 1.95 bits per heavy atom. The third-order valence-corrected chi connectivity index (χ3v) is 4.76. The Kier molecular flexibility index (Phi) is 3.73. The molecule has 0 fully saturated rings. The van der Waals surface area contributed by atoms with Crippen LogP contribution in [-0.4, -0.2) is 11.4 Å². The molecule has 0 spiro atoms. The molecule has 3 rings (SSSR count). The predicted molar refractivity (Wildman–Crippen MR) is 89.3 cm³/mol. The first-order chi connectivity index (χ1) is 10.1. The van der Waals surface area contributed by atoms with Crippen LogP contribution in [0.15, 0.2) is 36.4 Å². The van der Waals surface area contributed by atoms with Gasteiger partial charge in [-0.25, -0.2) is 0 Å². The summed E-state index contributed by atoms with van der Waals surface area (Å²) in [5, 5.41) is 0. The molecule has 2 N–H and O–H groups in total. The van der Waals surface area contributed by atoms with Gasteiger partial charge in [-0.3, -0.25) is 4.90 Å². The molecule has 0 aliphatic carbocycles. The summed E-state index contributed by atoms with van der Waals surface area (Å²) >= 11 is 0. The maximum absolute atomic E-state index is 6.10. The topological polar surface area (TPSA) is 29.3 Å². The number of nitrogens with zero attached hydrogens (tertiary/aromatic N) is 1. The molecule has 0 aromatic heterocycles. The van der Waals surface area contributed by atoms with E-state index in [0.29, 0.717) is 6.04 Å². The third-order valence-electron chi connectivity index (χ3n) is 4.76. The lowest BCUT2D eigenvalue weighted by Crippen LogP contribution is -2.33. The van der Waals surface area contributed by atoms with Gasteiger partial charge in [0.2, 0.25) is 0 Å². The molecule has 1 aliphatic rings. The molecule has 1 aliphatic heterocycles. The van der Waals surface area contributed by atoms with Gasteiger partial charge in [-0.05, 0) is 55.5 Å². The summed E-state index contributed by atoms with van der Waals surface area (Å²) in [5.41, 5.74) is 14.0. The molecule has 0 amide bonds. The molecule has 0 saturated carbocycles. The Labute approximate surface area is 127 Å². The lowest BCUT2D eigenvalue weighted by atomic mass is 9.94. The van der Waals surface area contributed by atoms with Crippen molar-refractivity contribution in [2.45, 2.75) is 39.8 Å². The fraction of sp³-hybridized carbons (Fsp3) is 0.368. The molecule has 2 heteroatoms. The van der Waals surface area contributed by atoms with Crippen LogP contribution < -0.4 is 5.73 Å². The van der Waals surface area contributed by atoms with Crippen molar-refractivity contribution < 1.29 is 0 Å². The minimum atomic E-state index is 0.444. The summed E-state index contributed by atoms with van der Waals surface area (Å²) in [7, 11) is 0. The van der Waals surface area contributed by atoms with Gasteiger partial charge in [-0.1, -0.05) is 35.9 Å². The highest BCUT2D eigenvalue weighted by molar-refractivity contribution is 5.52. The summed E-state index contributed by atoms with van der Waals surface area (Å²) in [6.07, 6.45) is 1.05.